The maximum Gasteiger partial charge on any atom is 0.339 e. The lowest BCUT2D eigenvalue weighted by molar-refractivity contribution is 0.0684. The number of aryl methyl sites for hydroxylation is 1. The summed E-state index contributed by atoms with van der Waals surface area (Å²) in [7, 11) is 3.04. The van der Waals surface area contributed by atoms with E-state index in [2.05, 4.69) is 16.4 Å². The Kier molecular flexibility index (Phi) is 5.42. The predicted octanol–water partition coefficient (Wildman–Crippen LogP) is 0.135. The molecule has 4 N–H and O–H groups in total. The molecule has 0 unspecified atom stereocenters. The highest BCUT2D eigenvalue weighted by molar-refractivity contribution is 5.88. The first kappa shape index (κ1) is 13.5. The number of hydrogen-bond acceptors (Lipinski definition) is 4. The number of carbonyl (C=O) groups is 1. The number of aromatic nitrogens is 2. The Morgan fingerprint density at radius 2 is 2.20 bits per heavy atom. The van der Waals surface area contributed by atoms with Crippen LogP contribution in [0.15, 0.2) is 6.20 Å². The molecule has 1 aromatic rings. The topological polar surface area (TPSA) is 93.2 Å². The molecule has 0 atom stereocenters. The van der Waals surface area contributed by atoms with Crippen molar-refractivity contribution < 1.29 is 18.7 Å². The molecule has 1 aromatic heterocycles. The molecule has 0 fully saturated rings. The maximum atomic E-state index is 12.1. The maximum absolute atomic E-state index is 12.1. The van der Waals surface area contributed by atoms with Crippen LogP contribution < -0.4 is 11.3 Å². The predicted molar refractivity (Wildman–Crippen MR) is 48.4 cm³/mol. The van der Waals surface area contributed by atoms with Crippen LogP contribution in [0.4, 0.5) is 8.78 Å². The van der Waals surface area contributed by atoms with E-state index in [9.17, 15) is 13.6 Å². The minimum atomic E-state index is -2.85. The quantitative estimate of drug-likeness (QED) is 0.488. The Bertz CT molecular complexity index is 327. The highest BCUT2D eigenvalue weighted by Crippen LogP contribution is 2.20. The van der Waals surface area contributed by atoms with Crippen LogP contribution in [-0.4, -0.2) is 27.9 Å². The van der Waals surface area contributed by atoms with Crippen molar-refractivity contribution in [1.29, 1.82) is 0 Å². The third kappa shape index (κ3) is 4.00. The summed E-state index contributed by atoms with van der Waals surface area (Å²) >= 11 is 0. The minimum absolute atomic E-state index is 0.451. The van der Waals surface area contributed by atoms with Crippen LogP contribution in [-0.2, 0) is 7.05 Å². The Morgan fingerprint density at radius 1 is 1.73 bits per heavy atom. The number of alkyl halides is 2. The molecule has 0 aliphatic carbocycles. The molecule has 1 rings (SSSR count). The van der Waals surface area contributed by atoms with Gasteiger partial charge in [0.2, 0.25) is 0 Å². The van der Waals surface area contributed by atoms with E-state index in [0.717, 1.165) is 10.9 Å². The number of nitrogens with one attached hydrogen (secondary N) is 1. The molecule has 0 aromatic carbocycles. The molecular formula is C7H12F2N4O2. The Hall–Kier alpha value is -1.54. The number of carboxylic acids is 1. The van der Waals surface area contributed by atoms with Gasteiger partial charge in [0.05, 0.1) is 0 Å². The Morgan fingerprint density at radius 3 is 2.47 bits per heavy atom. The third-order valence-electron chi connectivity index (χ3n) is 1.29. The van der Waals surface area contributed by atoms with Gasteiger partial charge in [0.25, 0.3) is 6.43 Å². The monoisotopic (exact) mass is 222 g/mol. The van der Waals surface area contributed by atoms with E-state index < -0.39 is 23.7 Å². The molecule has 0 saturated heterocycles. The standard InChI is InChI=1S/C6H6F2N2O2.CH6N2/c1-10-2-3(6(11)12)4(9-10)5(7)8;1-3-2/h2,5H,1H3,(H,11,12);3H,2H2,1H3. The van der Waals surface area contributed by atoms with Gasteiger partial charge in [-0.05, 0) is 7.05 Å². The van der Waals surface area contributed by atoms with Crippen LogP contribution in [0.5, 0.6) is 0 Å². The number of hydrogen-bond donors (Lipinski definition) is 3. The second-order valence-corrected chi connectivity index (χ2v) is 2.50. The first-order chi connectivity index (χ1) is 6.93. The molecule has 0 aliphatic rings. The molecule has 0 saturated carbocycles. The highest BCUT2D eigenvalue weighted by Gasteiger charge is 2.21. The van der Waals surface area contributed by atoms with E-state index in [0.29, 0.717) is 0 Å². The van der Waals surface area contributed by atoms with Crippen molar-refractivity contribution in [3.05, 3.63) is 17.5 Å². The van der Waals surface area contributed by atoms with E-state index in [1.807, 2.05) is 0 Å². The van der Waals surface area contributed by atoms with E-state index in [-0.39, 0.29) is 0 Å². The van der Waals surface area contributed by atoms with Crippen molar-refractivity contribution in [2.75, 3.05) is 7.05 Å². The van der Waals surface area contributed by atoms with Crippen molar-refractivity contribution in [2.45, 2.75) is 6.43 Å². The third-order valence-corrected chi connectivity index (χ3v) is 1.29. The first-order valence-electron chi connectivity index (χ1n) is 3.86. The molecular weight excluding hydrogens is 210 g/mol. The van der Waals surface area contributed by atoms with Crippen LogP contribution in [0.2, 0.25) is 0 Å². The van der Waals surface area contributed by atoms with E-state index in [1.165, 1.54) is 7.05 Å². The number of rotatable bonds is 2. The van der Waals surface area contributed by atoms with E-state index in [1.54, 1.807) is 7.05 Å². The Balaban J connectivity index is 0.000000583. The normalized spacial score (nSPS) is 9.73. The number of halogens is 2. The van der Waals surface area contributed by atoms with Crippen molar-refractivity contribution in [3.63, 3.8) is 0 Å². The van der Waals surface area contributed by atoms with Gasteiger partial charge >= 0.3 is 5.97 Å². The zero-order valence-electron chi connectivity index (χ0n) is 8.24. The molecule has 0 spiro atoms. The van der Waals surface area contributed by atoms with Crippen LogP contribution in [0, 0.1) is 0 Å². The minimum Gasteiger partial charge on any atom is -0.478 e. The van der Waals surface area contributed by atoms with Gasteiger partial charge in [-0.2, -0.15) is 5.10 Å². The van der Waals surface area contributed by atoms with Crippen molar-refractivity contribution in [3.8, 4) is 0 Å². The zero-order chi connectivity index (χ0) is 12.0. The molecule has 8 heteroatoms. The van der Waals surface area contributed by atoms with Gasteiger partial charge in [0.1, 0.15) is 11.3 Å². The summed E-state index contributed by atoms with van der Waals surface area (Å²) in [6, 6.07) is 0. The molecule has 0 amide bonds. The van der Waals surface area contributed by atoms with Crippen LogP contribution in [0.3, 0.4) is 0 Å². The summed E-state index contributed by atoms with van der Waals surface area (Å²) in [6.07, 6.45) is -1.80. The first-order valence-corrected chi connectivity index (χ1v) is 3.86. The lowest BCUT2D eigenvalue weighted by atomic mass is 10.2. The fraction of sp³-hybridized carbons (Fsp3) is 0.429. The molecule has 6 nitrogen and oxygen atoms in total. The summed E-state index contributed by atoms with van der Waals surface area (Å²) in [4.78, 5) is 10.4. The second kappa shape index (κ2) is 6.04. The molecule has 0 bridgehead atoms. The van der Waals surface area contributed by atoms with E-state index in [4.69, 9.17) is 5.11 Å². The van der Waals surface area contributed by atoms with Gasteiger partial charge in [0, 0.05) is 13.2 Å². The lowest BCUT2D eigenvalue weighted by Crippen LogP contribution is -2.13. The molecule has 0 radical (unpaired) electrons. The average molecular weight is 222 g/mol. The largest absolute Gasteiger partial charge is 0.478 e. The van der Waals surface area contributed by atoms with Crippen molar-refractivity contribution >= 4 is 5.97 Å². The van der Waals surface area contributed by atoms with E-state index >= 15 is 0 Å². The summed E-state index contributed by atoms with van der Waals surface area (Å²) in [5.74, 6) is 3.21. The van der Waals surface area contributed by atoms with Crippen molar-refractivity contribution in [1.82, 2.24) is 15.2 Å². The van der Waals surface area contributed by atoms with Gasteiger partial charge in [-0.15, -0.1) is 0 Å². The van der Waals surface area contributed by atoms with Crippen molar-refractivity contribution in [2.24, 2.45) is 12.9 Å². The Labute approximate surface area is 84.7 Å². The summed E-state index contributed by atoms with van der Waals surface area (Å²) in [5.41, 5.74) is 1.11. The number of nitrogens with zero attached hydrogens (tertiary/aromatic N) is 2. The van der Waals surface area contributed by atoms with Crippen LogP contribution >= 0.6 is 0 Å². The smallest absolute Gasteiger partial charge is 0.339 e. The van der Waals surface area contributed by atoms with Crippen LogP contribution in [0.1, 0.15) is 22.5 Å². The summed E-state index contributed by atoms with van der Waals surface area (Å²) in [5, 5.41) is 11.8. The zero-order valence-corrected chi connectivity index (χ0v) is 8.24. The number of hydrazine groups is 1. The summed E-state index contributed by atoms with van der Waals surface area (Å²) < 4.78 is 25.2. The molecule has 15 heavy (non-hydrogen) atoms. The number of carboxylic acid groups (broad SMARTS) is 1. The fourth-order valence-corrected chi connectivity index (χ4v) is 0.832. The van der Waals surface area contributed by atoms with Crippen LogP contribution in [0.25, 0.3) is 0 Å². The van der Waals surface area contributed by atoms with Gasteiger partial charge < -0.3 is 5.11 Å². The van der Waals surface area contributed by atoms with Gasteiger partial charge in [-0.25, -0.2) is 13.6 Å². The molecule has 1 heterocycles. The SMILES string of the molecule is CNN.Cn1cc(C(=O)O)c(C(F)F)n1. The van der Waals surface area contributed by atoms with Gasteiger partial charge in [-0.1, -0.05) is 0 Å². The fourth-order valence-electron chi connectivity index (χ4n) is 0.832. The number of aromatic carboxylic acids is 1. The highest BCUT2D eigenvalue weighted by atomic mass is 19.3. The van der Waals surface area contributed by atoms with Gasteiger partial charge in [0.15, 0.2) is 0 Å². The summed E-state index contributed by atoms with van der Waals surface area (Å²) in [6.45, 7) is 0. The average Bonchev–Trinajstić information content (AvgIpc) is 2.48. The number of nitrogens with two attached hydrogens (primary N) is 1. The second-order valence-electron chi connectivity index (χ2n) is 2.50. The molecule has 0 aliphatic heterocycles. The molecule has 86 valence electrons. The lowest BCUT2D eigenvalue weighted by Gasteiger charge is -1.93. The van der Waals surface area contributed by atoms with Gasteiger partial charge in [-0.3, -0.25) is 16.0 Å².